The van der Waals surface area contributed by atoms with Crippen LogP contribution in [0.1, 0.15) is 38.5 Å². The van der Waals surface area contributed by atoms with E-state index in [9.17, 15) is 22.8 Å². The molecule has 0 aliphatic heterocycles. The van der Waals surface area contributed by atoms with E-state index in [-0.39, 0.29) is 38.1 Å². The number of carboxylic acids is 1. The van der Waals surface area contributed by atoms with Crippen molar-refractivity contribution >= 4 is 11.9 Å². The summed E-state index contributed by atoms with van der Waals surface area (Å²) in [7, 11) is 0. The summed E-state index contributed by atoms with van der Waals surface area (Å²) in [6, 6.07) is 0. The van der Waals surface area contributed by atoms with Gasteiger partial charge in [0.2, 0.25) is 5.91 Å². The van der Waals surface area contributed by atoms with Crippen LogP contribution in [-0.4, -0.2) is 29.7 Å². The van der Waals surface area contributed by atoms with Gasteiger partial charge in [-0.25, -0.2) is 0 Å². The Morgan fingerprint density at radius 1 is 1.26 bits per heavy atom. The number of hydrogen-bond acceptors (Lipinski definition) is 2. The molecule has 0 saturated heterocycles. The number of rotatable bonds is 5. The summed E-state index contributed by atoms with van der Waals surface area (Å²) >= 11 is 0. The van der Waals surface area contributed by atoms with E-state index in [0.29, 0.717) is 12.8 Å². The number of aliphatic carboxylic acids is 1. The van der Waals surface area contributed by atoms with Crippen molar-refractivity contribution in [2.24, 2.45) is 11.8 Å². The summed E-state index contributed by atoms with van der Waals surface area (Å²) < 4.78 is 37.7. The number of amides is 1. The Hall–Kier alpha value is -1.27. The van der Waals surface area contributed by atoms with Gasteiger partial charge in [-0.3, -0.25) is 9.59 Å². The summed E-state index contributed by atoms with van der Waals surface area (Å²) in [4.78, 5) is 22.0. The molecule has 7 heteroatoms. The van der Waals surface area contributed by atoms with Crippen LogP contribution in [0, 0.1) is 11.8 Å². The monoisotopic (exact) mass is 281 g/mol. The Kier molecular flexibility index (Phi) is 5.62. The molecule has 1 aliphatic carbocycles. The third kappa shape index (κ3) is 5.48. The molecule has 0 aromatic heterocycles. The molecule has 1 fully saturated rings. The molecular weight excluding hydrogens is 263 g/mol. The van der Waals surface area contributed by atoms with Crippen molar-refractivity contribution in [1.29, 1.82) is 0 Å². The zero-order valence-electron chi connectivity index (χ0n) is 10.5. The van der Waals surface area contributed by atoms with Gasteiger partial charge in [-0.2, -0.15) is 13.2 Å². The van der Waals surface area contributed by atoms with Crippen LogP contribution in [0.5, 0.6) is 0 Å². The zero-order chi connectivity index (χ0) is 14.5. The molecule has 0 aromatic rings. The van der Waals surface area contributed by atoms with Crippen LogP contribution in [-0.2, 0) is 9.59 Å². The van der Waals surface area contributed by atoms with Crippen molar-refractivity contribution in [3.8, 4) is 0 Å². The fraction of sp³-hybridized carbons (Fsp3) is 0.833. The van der Waals surface area contributed by atoms with Gasteiger partial charge in [-0.05, 0) is 25.7 Å². The SMILES string of the molecule is O=C(O)CCCNC(=O)C1CCCC(C(F)(F)F)C1. The number of halogens is 3. The van der Waals surface area contributed by atoms with Crippen molar-refractivity contribution in [2.45, 2.75) is 44.7 Å². The third-order valence-corrected chi connectivity index (χ3v) is 3.37. The highest BCUT2D eigenvalue weighted by molar-refractivity contribution is 5.78. The largest absolute Gasteiger partial charge is 0.481 e. The predicted octanol–water partition coefficient (Wildman–Crippen LogP) is 2.34. The summed E-state index contributed by atoms with van der Waals surface area (Å²) in [5.74, 6) is -3.34. The molecule has 0 aromatic carbocycles. The number of alkyl halides is 3. The normalized spacial score (nSPS) is 23.9. The Morgan fingerprint density at radius 2 is 1.95 bits per heavy atom. The van der Waals surface area contributed by atoms with E-state index in [4.69, 9.17) is 5.11 Å². The minimum atomic E-state index is -4.23. The van der Waals surface area contributed by atoms with Gasteiger partial charge in [0.05, 0.1) is 5.92 Å². The van der Waals surface area contributed by atoms with Crippen LogP contribution in [0.3, 0.4) is 0 Å². The highest BCUT2D eigenvalue weighted by Gasteiger charge is 2.43. The van der Waals surface area contributed by atoms with E-state index in [1.807, 2.05) is 0 Å². The van der Waals surface area contributed by atoms with Crippen molar-refractivity contribution in [1.82, 2.24) is 5.32 Å². The lowest BCUT2D eigenvalue weighted by Gasteiger charge is -2.29. The molecule has 110 valence electrons. The predicted molar refractivity (Wildman–Crippen MR) is 61.4 cm³/mol. The van der Waals surface area contributed by atoms with Crippen molar-refractivity contribution < 1.29 is 27.9 Å². The van der Waals surface area contributed by atoms with E-state index in [1.165, 1.54) is 0 Å². The quantitative estimate of drug-likeness (QED) is 0.760. The van der Waals surface area contributed by atoms with Gasteiger partial charge < -0.3 is 10.4 Å². The molecule has 0 bridgehead atoms. The van der Waals surface area contributed by atoms with E-state index >= 15 is 0 Å². The number of nitrogens with one attached hydrogen (secondary N) is 1. The zero-order valence-corrected chi connectivity index (χ0v) is 10.5. The Bertz CT molecular complexity index is 331. The van der Waals surface area contributed by atoms with Gasteiger partial charge in [0.25, 0.3) is 0 Å². The lowest BCUT2D eigenvalue weighted by atomic mass is 9.80. The van der Waals surface area contributed by atoms with Gasteiger partial charge in [0.15, 0.2) is 0 Å². The Morgan fingerprint density at radius 3 is 2.53 bits per heavy atom. The first-order chi connectivity index (χ1) is 8.80. The highest BCUT2D eigenvalue weighted by Crippen LogP contribution is 2.39. The molecule has 0 radical (unpaired) electrons. The number of hydrogen-bond donors (Lipinski definition) is 2. The second kappa shape index (κ2) is 6.77. The summed E-state index contributed by atoms with van der Waals surface area (Å²) in [6.45, 7) is 0.193. The number of carboxylic acid groups (broad SMARTS) is 1. The average Bonchev–Trinajstić information content (AvgIpc) is 2.33. The lowest BCUT2D eigenvalue weighted by molar-refractivity contribution is -0.186. The molecule has 1 amide bonds. The fourth-order valence-corrected chi connectivity index (χ4v) is 2.32. The molecule has 2 unspecified atom stereocenters. The molecule has 2 N–H and O–H groups in total. The Labute approximate surface area is 109 Å². The first kappa shape index (κ1) is 15.8. The maximum atomic E-state index is 12.6. The van der Waals surface area contributed by atoms with E-state index < -0.39 is 24.0 Å². The fourth-order valence-electron chi connectivity index (χ4n) is 2.32. The van der Waals surface area contributed by atoms with Crippen LogP contribution in [0.4, 0.5) is 13.2 Å². The van der Waals surface area contributed by atoms with Gasteiger partial charge in [-0.1, -0.05) is 6.42 Å². The molecule has 1 saturated carbocycles. The van der Waals surface area contributed by atoms with Gasteiger partial charge in [0, 0.05) is 18.9 Å². The van der Waals surface area contributed by atoms with Crippen LogP contribution in [0.2, 0.25) is 0 Å². The lowest BCUT2D eigenvalue weighted by Crippen LogP contribution is -2.37. The second-order valence-corrected chi connectivity index (χ2v) is 4.89. The molecule has 19 heavy (non-hydrogen) atoms. The van der Waals surface area contributed by atoms with Crippen molar-refractivity contribution in [2.75, 3.05) is 6.54 Å². The topological polar surface area (TPSA) is 66.4 Å². The van der Waals surface area contributed by atoms with Gasteiger partial charge in [0.1, 0.15) is 0 Å². The summed E-state index contributed by atoms with van der Waals surface area (Å²) in [6.07, 6.45) is -3.20. The number of carbonyl (C=O) groups is 2. The van der Waals surface area contributed by atoms with Gasteiger partial charge in [-0.15, -0.1) is 0 Å². The first-order valence-electron chi connectivity index (χ1n) is 6.37. The van der Waals surface area contributed by atoms with E-state index in [2.05, 4.69) is 5.32 Å². The van der Waals surface area contributed by atoms with Crippen LogP contribution in [0.25, 0.3) is 0 Å². The maximum absolute atomic E-state index is 12.6. The second-order valence-electron chi connectivity index (χ2n) is 4.89. The van der Waals surface area contributed by atoms with Crippen LogP contribution >= 0.6 is 0 Å². The average molecular weight is 281 g/mol. The third-order valence-electron chi connectivity index (χ3n) is 3.37. The molecule has 1 aliphatic rings. The van der Waals surface area contributed by atoms with Crippen molar-refractivity contribution in [3.63, 3.8) is 0 Å². The standard InChI is InChI=1S/C12H18F3NO3/c13-12(14,15)9-4-1-3-8(7-9)11(19)16-6-2-5-10(17)18/h8-9H,1-7H2,(H,16,19)(H,17,18). The number of carbonyl (C=O) groups excluding carboxylic acids is 1. The smallest absolute Gasteiger partial charge is 0.391 e. The maximum Gasteiger partial charge on any atom is 0.391 e. The first-order valence-corrected chi connectivity index (χ1v) is 6.37. The van der Waals surface area contributed by atoms with Crippen LogP contribution in [0.15, 0.2) is 0 Å². The van der Waals surface area contributed by atoms with E-state index in [1.54, 1.807) is 0 Å². The highest BCUT2D eigenvalue weighted by atomic mass is 19.4. The summed E-state index contributed by atoms with van der Waals surface area (Å²) in [5, 5.41) is 10.9. The molecule has 2 atom stereocenters. The molecule has 4 nitrogen and oxygen atoms in total. The minimum Gasteiger partial charge on any atom is -0.481 e. The summed E-state index contributed by atoms with van der Waals surface area (Å²) in [5.41, 5.74) is 0. The molecular formula is C12H18F3NO3. The van der Waals surface area contributed by atoms with Crippen LogP contribution < -0.4 is 5.32 Å². The minimum absolute atomic E-state index is 0.0594. The molecule has 0 spiro atoms. The van der Waals surface area contributed by atoms with Crippen molar-refractivity contribution in [3.05, 3.63) is 0 Å². The van der Waals surface area contributed by atoms with E-state index in [0.717, 1.165) is 0 Å². The van der Waals surface area contributed by atoms with Gasteiger partial charge >= 0.3 is 12.1 Å². The molecule has 1 rings (SSSR count). The Balaban J connectivity index is 2.34. The molecule has 0 heterocycles.